The van der Waals surface area contributed by atoms with Crippen LogP contribution in [0.3, 0.4) is 0 Å². The Kier molecular flexibility index (Phi) is 5.65. The lowest BCUT2D eigenvalue weighted by Gasteiger charge is -2.29. The summed E-state index contributed by atoms with van der Waals surface area (Å²) in [5, 5.41) is 3.12. The van der Waals surface area contributed by atoms with Gasteiger partial charge in [-0.15, -0.1) is 0 Å². The molecule has 0 aliphatic carbocycles. The molecule has 0 fully saturated rings. The summed E-state index contributed by atoms with van der Waals surface area (Å²) in [5.41, 5.74) is 3.85. The van der Waals surface area contributed by atoms with Gasteiger partial charge in [-0.25, -0.2) is 9.97 Å². The van der Waals surface area contributed by atoms with Crippen LogP contribution in [0.25, 0.3) is 11.1 Å². The Labute approximate surface area is 160 Å². The third kappa shape index (κ3) is 4.79. The molecule has 0 aliphatic heterocycles. The Morgan fingerprint density at radius 1 is 0.963 bits per heavy atom. The van der Waals surface area contributed by atoms with E-state index < -0.39 is 0 Å². The number of rotatable bonds is 6. The Morgan fingerprint density at radius 3 is 2.22 bits per heavy atom. The SMILES string of the molecule is C[C@H](CC(C)(C)c1ccccc1)NC(=O)c1ccc(-c2cncnc2)cc1. The molecule has 1 atom stereocenters. The summed E-state index contributed by atoms with van der Waals surface area (Å²) in [6.45, 7) is 6.47. The zero-order valence-corrected chi connectivity index (χ0v) is 16.0. The first-order valence-electron chi connectivity index (χ1n) is 9.17. The van der Waals surface area contributed by atoms with Crippen LogP contribution in [0.15, 0.2) is 73.3 Å². The molecular formula is C23H25N3O. The van der Waals surface area contributed by atoms with Gasteiger partial charge in [-0.2, -0.15) is 0 Å². The van der Waals surface area contributed by atoms with E-state index >= 15 is 0 Å². The number of nitrogens with zero attached hydrogens (tertiary/aromatic N) is 2. The van der Waals surface area contributed by atoms with Crippen LogP contribution < -0.4 is 5.32 Å². The maximum absolute atomic E-state index is 12.6. The van der Waals surface area contributed by atoms with E-state index in [1.54, 1.807) is 12.4 Å². The first-order chi connectivity index (χ1) is 13.0. The largest absolute Gasteiger partial charge is 0.350 e. The highest BCUT2D eigenvalue weighted by molar-refractivity contribution is 5.94. The van der Waals surface area contributed by atoms with E-state index in [-0.39, 0.29) is 17.4 Å². The number of hydrogen-bond donors (Lipinski definition) is 1. The minimum atomic E-state index is -0.0535. The fraction of sp³-hybridized carbons (Fsp3) is 0.261. The van der Waals surface area contributed by atoms with E-state index in [4.69, 9.17) is 0 Å². The molecule has 3 rings (SSSR count). The molecule has 1 N–H and O–H groups in total. The van der Waals surface area contributed by atoms with E-state index in [1.807, 2.05) is 30.3 Å². The molecule has 0 saturated carbocycles. The molecule has 2 aromatic carbocycles. The molecule has 0 spiro atoms. The lowest BCUT2D eigenvalue weighted by molar-refractivity contribution is 0.0934. The van der Waals surface area contributed by atoms with E-state index in [9.17, 15) is 4.79 Å². The Hall–Kier alpha value is -3.01. The summed E-state index contributed by atoms with van der Waals surface area (Å²) in [7, 11) is 0. The summed E-state index contributed by atoms with van der Waals surface area (Å²) in [5.74, 6) is -0.0535. The normalized spacial score (nSPS) is 12.4. The van der Waals surface area contributed by atoms with Gasteiger partial charge in [-0.1, -0.05) is 56.3 Å². The van der Waals surface area contributed by atoms with E-state index in [2.05, 4.69) is 60.3 Å². The van der Waals surface area contributed by atoms with Crippen LogP contribution in [0.2, 0.25) is 0 Å². The number of amides is 1. The van der Waals surface area contributed by atoms with Crippen LogP contribution in [0.5, 0.6) is 0 Å². The Balaban J connectivity index is 1.63. The monoisotopic (exact) mass is 359 g/mol. The zero-order valence-electron chi connectivity index (χ0n) is 16.0. The molecule has 0 radical (unpaired) electrons. The molecule has 4 heteroatoms. The quantitative estimate of drug-likeness (QED) is 0.698. The summed E-state index contributed by atoms with van der Waals surface area (Å²) in [4.78, 5) is 20.6. The van der Waals surface area contributed by atoms with Crippen LogP contribution in [0, 0.1) is 0 Å². The third-order valence-corrected chi connectivity index (χ3v) is 4.79. The van der Waals surface area contributed by atoms with Crippen molar-refractivity contribution in [1.29, 1.82) is 0 Å². The smallest absolute Gasteiger partial charge is 0.251 e. The minimum Gasteiger partial charge on any atom is -0.350 e. The number of aromatic nitrogens is 2. The van der Waals surface area contributed by atoms with E-state index in [0.717, 1.165) is 17.5 Å². The van der Waals surface area contributed by atoms with Gasteiger partial charge < -0.3 is 5.32 Å². The average Bonchev–Trinajstić information content (AvgIpc) is 2.69. The fourth-order valence-electron chi connectivity index (χ4n) is 3.39. The van der Waals surface area contributed by atoms with Gasteiger partial charge in [-0.05, 0) is 42.0 Å². The van der Waals surface area contributed by atoms with Crippen molar-refractivity contribution in [1.82, 2.24) is 15.3 Å². The molecule has 0 unspecified atom stereocenters. The van der Waals surface area contributed by atoms with Gasteiger partial charge in [0.2, 0.25) is 0 Å². The van der Waals surface area contributed by atoms with E-state index in [1.165, 1.54) is 11.9 Å². The minimum absolute atomic E-state index is 0.00881. The molecule has 0 aliphatic rings. The van der Waals surface area contributed by atoms with Gasteiger partial charge in [0.25, 0.3) is 5.91 Å². The average molecular weight is 359 g/mol. The van der Waals surface area contributed by atoms with E-state index in [0.29, 0.717) is 5.56 Å². The number of hydrogen-bond acceptors (Lipinski definition) is 3. The standard InChI is InChI=1S/C23H25N3O/c1-17(13-23(2,3)21-7-5-4-6-8-21)26-22(27)19-11-9-18(10-12-19)20-14-24-16-25-15-20/h4-12,14-17H,13H2,1-3H3,(H,26,27)/t17-/m1/s1. The van der Waals surface area contributed by atoms with Crippen LogP contribution in [0.1, 0.15) is 43.1 Å². The van der Waals surface area contributed by atoms with Crippen molar-refractivity contribution in [2.45, 2.75) is 38.6 Å². The highest BCUT2D eigenvalue weighted by Crippen LogP contribution is 2.28. The molecular weight excluding hydrogens is 334 g/mol. The lowest BCUT2D eigenvalue weighted by Crippen LogP contribution is -2.37. The van der Waals surface area contributed by atoms with Crippen molar-refractivity contribution in [2.24, 2.45) is 0 Å². The van der Waals surface area contributed by atoms with Crippen molar-refractivity contribution < 1.29 is 4.79 Å². The summed E-state index contributed by atoms with van der Waals surface area (Å²) in [6.07, 6.45) is 5.89. The summed E-state index contributed by atoms with van der Waals surface area (Å²) >= 11 is 0. The second-order valence-electron chi connectivity index (χ2n) is 7.53. The molecule has 0 bridgehead atoms. The second-order valence-corrected chi connectivity index (χ2v) is 7.53. The van der Waals surface area contributed by atoms with Crippen molar-refractivity contribution in [2.75, 3.05) is 0 Å². The zero-order chi connectivity index (χ0) is 19.3. The van der Waals surface area contributed by atoms with Gasteiger partial charge in [-0.3, -0.25) is 4.79 Å². The van der Waals surface area contributed by atoms with Crippen molar-refractivity contribution in [3.63, 3.8) is 0 Å². The first-order valence-corrected chi connectivity index (χ1v) is 9.17. The summed E-state index contributed by atoms with van der Waals surface area (Å²) < 4.78 is 0. The molecule has 3 aromatic rings. The topological polar surface area (TPSA) is 54.9 Å². The third-order valence-electron chi connectivity index (χ3n) is 4.79. The molecule has 138 valence electrons. The highest BCUT2D eigenvalue weighted by atomic mass is 16.1. The van der Waals surface area contributed by atoms with Crippen LogP contribution in [0.4, 0.5) is 0 Å². The Bertz CT molecular complexity index is 875. The van der Waals surface area contributed by atoms with Gasteiger partial charge in [0.15, 0.2) is 0 Å². The van der Waals surface area contributed by atoms with Crippen molar-refractivity contribution >= 4 is 5.91 Å². The van der Waals surface area contributed by atoms with Crippen LogP contribution in [-0.2, 0) is 5.41 Å². The highest BCUT2D eigenvalue weighted by Gasteiger charge is 2.24. The molecule has 0 saturated heterocycles. The second kappa shape index (κ2) is 8.12. The van der Waals surface area contributed by atoms with Gasteiger partial charge in [0.1, 0.15) is 6.33 Å². The molecule has 1 aromatic heterocycles. The number of carbonyl (C=O) groups excluding carboxylic acids is 1. The van der Waals surface area contributed by atoms with Gasteiger partial charge in [0, 0.05) is 29.6 Å². The number of nitrogens with one attached hydrogen (secondary N) is 1. The maximum Gasteiger partial charge on any atom is 0.251 e. The fourth-order valence-corrected chi connectivity index (χ4v) is 3.39. The van der Waals surface area contributed by atoms with Crippen LogP contribution >= 0.6 is 0 Å². The predicted molar refractivity (Wildman–Crippen MR) is 108 cm³/mol. The maximum atomic E-state index is 12.6. The van der Waals surface area contributed by atoms with Crippen molar-refractivity contribution in [3.05, 3.63) is 84.4 Å². The van der Waals surface area contributed by atoms with Crippen molar-refractivity contribution in [3.8, 4) is 11.1 Å². The van der Waals surface area contributed by atoms with Gasteiger partial charge in [0.05, 0.1) is 0 Å². The molecule has 1 heterocycles. The number of benzene rings is 2. The predicted octanol–water partition coefficient (Wildman–Crippen LogP) is 4.63. The molecule has 27 heavy (non-hydrogen) atoms. The number of carbonyl (C=O) groups is 1. The summed E-state index contributed by atoms with van der Waals surface area (Å²) in [6, 6.07) is 18.0. The van der Waals surface area contributed by atoms with Crippen LogP contribution in [-0.4, -0.2) is 21.9 Å². The Morgan fingerprint density at radius 2 is 1.59 bits per heavy atom. The first kappa shape index (κ1) is 18.8. The lowest BCUT2D eigenvalue weighted by atomic mass is 9.79. The molecule has 1 amide bonds. The van der Waals surface area contributed by atoms with Gasteiger partial charge >= 0.3 is 0 Å². The molecule has 4 nitrogen and oxygen atoms in total.